The molecule has 0 unspecified atom stereocenters. The number of furan rings is 1. The normalized spacial score (nSPS) is 12.4. The van der Waals surface area contributed by atoms with Crippen molar-refractivity contribution < 1.29 is 4.42 Å². The first-order valence-electron chi connectivity index (χ1n) is 9.74. The molecule has 0 saturated heterocycles. The number of benzene rings is 2. The summed E-state index contributed by atoms with van der Waals surface area (Å²) in [6.07, 6.45) is 2.99. The first-order chi connectivity index (χ1) is 12.8. The first kappa shape index (κ1) is 18.0. The molecule has 27 heavy (non-hydrogen) atoms. The number of rotatable bonds is 4. The van der Waals surface area contributed by atoms with Gasteiger partial charge >= 0.3 is 0 Å². The van der Waals surface area contributed by atoms with Crippen LogP contribution in [0.25, 0.3) is 33.2 Å². The highest BCUT2D eigenvalue weighted by molar-refractivity contribution is 6.90. The van der Waals surface area contributed by atoms with Crippen LogP contribution in [0.4, 0.5) is 0 Å². The quantitative estimate of drug-likeness (QED) is 0.387. The van der Waals surface area contributed by atoms with Crippen LogP contribution >= 0.6 is 0 Å². The molecule has 2 aromatic carbocycles. The van der Waals surface area contributed by atoms with E-state index in [1.807, 2.05) is 12.3 Å². The van der Waals surface area contributed by atoms with E-state index in [1.54, 1.807) is 0 Å². The van der Waals surface area contributed by atoms with Gasteiger partial charge in [0.1, 0.15) is 11.2 Å². The van der Waals surface area contributed by atoms with Gasteiger partial charge in [-0.1, -0.05) is 57.8 Å². The lowest BCUT2D eigenvalue weighted by atomic mass is 10.0. The van der Waals surface area contributed by atoms with E-state index in [4.69, 9.17) is 4.42 Å². The van der Waals surface area contributed by atoms with Crippen molar-refractivity contribution in [2.75, 3.05) is 0 Å². The molecule has 4 aromatic rings. The number of para-hydroxylation sites is 1. The van der Waals surface area contributed by atoms with Crippen molar-refractivity contribution in [1.82, 2.24) is 4.98 Å². The molecule has 2 heterocycles. The molecule has 2 nitrogen and oxygen atoms in total. The minimum atomic E-state index is -1.52. The average molecular weight is 374 g/mol. The van der Waals surface area contributed by atoms with E-state index in [2.05, 4.69) is 80.9 Å². The van der Waals surface area contributed by atoms with E-state index >= 15 is 0 Å². The van der Waals surface area contributed by atoms with Crippen molar-refractivity contribution in [3.63, 3.8) is 0 Å². The lowest BCUT2D eigenvalue weighted by Gasteiger charge is -2.19. The van der Waals surface area contributed by atoms with Gasteiger partial charge in [0.25, 0.3) is 0 Å². The zero-order valence-corrected chi connectivity index (χ0v) is 17.8. The lowest BCUT2D eigenvalue weighted by molar-refractivity contribution is 0.647. The van der Waals surface area contributed by atoms with Crippen molar-refractivity contribution in [2.24, 2.45) is 5.92 Å². The number of hydrogen-bond acceptors (Lipinski definition) is 2. The number of pyridine rings is 1. The molecule has 0 atom stereocenters. The van der Waals surface area contributed by atoms with Crippen molar-refractivity contribution in [1.29, 1.82) is 0 Å². The van der Waals surface area contributed by atoms with Crippen molar-refractivity contribution in [2.45, 2.75) is 39.9 Å². The van der Waals surface area contributed by atoms with Crippen LogP contribution in [0, 0.1) is 5.92 Å². The molecule has 0 aliphatic rings. The fourth-order valence-electron chi connectivity index (χ4n) is 3.87. The molecule has 138 valence electrons. The van der Waals surface area contributed by atoms with Gasteiger partial charge in [-0.2, -0.15) is 0 Å². The van der Waals surface area contributed by atoms with Gasteiger partial charge in [-0.3, -0.25) is 4.98 Å². The topological polar surface area (TPSA) is 26.0 Å². The van der Waals surface area contributed by atoms with Crippen molar-refractivity contribution >= 4 is 35.2 Å². The third-order valence-corrected chi connectivity index (χ3v) is 7.11. The molecule has 2 aromatic heterocycles. The monoisotopic (exact) mass is 373 g/mol. The Kier molecular flexibility index (Phi) is 4.43. The van der Waals surface area contributed by atoms with Crippen LogP contribution in [0.15, 0.2) is 59.1 Å². The molecule has 0 fully saturated rings. The molecule has 4 rings (SSSR count). The smallest absolute Gasteiger partial charge is 0.144 e. The molecular weight excluding hydrogens is 346 g/mol. The van der Waals surface area contributed by atoms with Gasteiger partial charge in [0, 0.05) is 22.5 Å². The maximum Gasteiger partial charge on any atom is 0.144 e. The maximum atomic E-state index is 6.38. The number of fused-ring (bicyclic) bond motifs is 3. The SMILES string of the molecule is CC(C)Cc1ccnc(-c2ccc([Si](C)(C)C)c3c2oc2ccccc23)c1. The second kappa shape index (κ2) is 6.65. The molecule has 0 amide bonds. The Morgan fingerprint density at radius 2 is 1.78 bits per heavy atom. The van der Waals surface area contributed by atoms with Gasteiger partial charge in [-0.15, -0.1) is 0 Å². The molecular formula is C24H27NOSi. The van der Waals surface area contributed by atoms with Crippen LogP contribution in [0.2, 0.25) is 19.6 Å². The molecule has 0 aliphatic carbocycles. The molecule has 0 spiro atoms. The summed E-state index contributed by atoms with van der Waals surface area (Å²) < 4.78 is 6.38. The third kappa shape index (κ3) is 3.32. The fraction of sp³-hybridized carbons (Fsp3) is 0.292. The standard InChI is InChI=1S/C24H27NOSi/c1-16(2)14-17-12-13-25-20(15-17)18-10-11-22(27(3,4)5)23-19-8-6-7-9-21(19)26-24(18)23/h6-13,15-16H,14H2,1-5H3. The van der Waals surface area contributed by atoms with E-state index in [0.29, 0.717) is 5.92 Å². The Bertz CT molecular complexity index is 1120. The second-order valence-electron chi connectivity index (χ2n) is 8.86. The molecule has 0 bridgehead atoms. The first-order valence-corrected chi connectivity index (χ1v) is 13.2. The highest BCUT2D eigenvalue weighted by Gasteiger charge is 2.24. The van der Waals surface area contributed by atoms with E-state index in [1.165, 1.54) is 21.5 Å². The Balaban J connectivity index is 2.01. The molecule has 0 saturated carbocycles. The van der Waals surface area contributed by atoms with E-state index in [9.17, 15) is 0 Å². The second-order valence-corrected chi connectivity index (χ2v) is 13.9. The largest absolute Gasteiger partial charge is 0.455 e. The van der Waals surface area contributed by atoms with Crippen LogP contribution < -0.4 is 5.19 Å². The number of nitrogens with zero attached hydrogens (tertiary/aromatic N) is 1. The van der Waals surface area contributed by atoms with Crippen LogP contribution in [0.5, 0.6) is 0 Å². The van der Waals surface area contributed by atoms with Gasteiger partial charge in [0.2, 0.25) is 0 Å². The van der Waals surface area contributed by atoms with Crippen molar-refractivity contribution in [3.8, 4) is 11.3 Å². The highest BCUT2D eigenvalue weighted by Crippen LogP contribution is 2.35. The van der Waals surface area contributed by atoms with Gasteiger partial charge in [-0.05, 0) is 47.4 Å². The van der Waals surface area contributed by atoms with Crippen LogP contribution in [-0.2, 0) is 6.42 Å². The summed E-state index contributed by atoms with van der Waals surface area (Å²) in [5.41, 5.74) is 5.35. The Morgan fingerprint density at radius 1 is 1.00 bits per heavy atom. The molecule has 0 radical (unpaired) electrons. The summed E-state index contributed by atoms with van der Waals surface area (Å²) in [4.78, 5) is 4.68. The Morgan fingerprint density at radius 3 is 2.52 bits per heavy atom. The minimum Gasteiger partial charge on any atom is -0.455 e. The Labute approximate surface area is 162 Å². The predicted molar refractivity (Wildman–Crippen MR) is 118 cm³/mol. The summed E-state index contributed by atoms with van der Waals surface area (Å²) in [5, 5.41) is 3.94. The van der Waals surface area contributed by atoms with Gasteiger partial charge < -0.3 is 4.42 Å². The predicted octanol–water partition coefficient (Wildman–Crippen LogP) is 6.39. The lowest BCUT2D eigenvalue weighted by Crippen LogP contribution is -2.37. The van der Waals surface area contributed by atoms with E-state index in [-0.39, 0.29) is 0 Å². The summed E-state index contributed by atoms with van der Waals surface area (Å²) in [5.74, 6) is 0.626. The maximum absolute atomic E-state index is 6.38. The number of aromatic nitrogens is 1. The van der Waals surface area contributed by atoms with Crippen LogP contribution in [0.1, 0.15) is 19.4 Å². The fourth-order valence-corrected chi connectivity index (χ4v) is 5.46. The number of hydrogen-bond donors (Lipinski definition) is 0. The van der Waals surface area contributed by atoms with Gasteiger partial charge in [0.15, 0.2) is 0 Å². The highest BCUT2D eigenvalue weighted by atomic mass is 28.3. The summed E-state index contributed by atoms with van der Waals surface area (Å²) in [7, 11) is -1.52. The summed E-state index contributed by atoms with van der Waals surface area (Å²) >= 11 is 0. The zero-order chi connectivity index (χ0) is 19.2. The van der Waals surface area contributed by atoms with Gasteiger partial charge in [0.05, 0.1) is 13.8 Å². The minimum absolute atomic E-state index is 0.626. The van der Waals surface area contributed by atoms with Crippen LogP contribution in [0.3, 0.4) is 0 Å². The van der Waals surface area contributed by atoms with Gasteiger partial charge in [-0.25, -0.2) is 0 Å². The average Bonchev–Trinajstić information content (AvgIpc) is 2.99. The third-order valence-electron chi connectivity index (χ3n) is 5.08. The molecule has 0 aliphatic heterocycles. The van der Waals surface area contributed by atoms with Crippen molar-refractivity contribution in [3.05, 3.63) is 60.3 Å². The summed E-state index contributed by atoms with van der Waals surface area (Å²) in [6, 6.07) is 17.2. The van der Waals surface area contributed by atoms with E-state index < -0.39 is 8.07 Å². The van der Waals surface area contributed by atoms with Crippen LogP contribution in [-0.4, -0.2) is 13.1 Å². The molecule has 0 N–H and O–H groups in total. The molecule has 3 heteroatoms. The zero-order valence-electron chi connectivity index (χ0n) is 16.8. The summed E-state index contributed by atoms with van der Waals surface area (Å²) in [6.45, 7) is 11.7. The van der Waals surface area contributed by atoms with E-state index in [0.717, 1.165) is 28.8 Å². The Hall–Kier alpha value is -2.39.